The number of benzene rings is 1. The highest BCUT2D eigenvalue weighted by molar-refractivity contribution is 6.63. The van der Waals surface area contributed by atoms with Gasteiger partial charge in [-0.25, -0.2) is 0 Å². The zero-order valence-electron chi connectivity index (χ0n) is 13.6. The van der Waals surface area contributed by atoms with Gasteiger partial charge in [0.25, 0.3) is 0 Å². The summed E-state index contributed by atoms with van der Waals surface area (Å²) >= 11 is 5.54. The molecule has 0 aliphatic carbocycles. The van der Waals surface area contributed by atoms with Gasteiger partial charge in [-0.3, -0.25) is 9.59 Å². The summed E-state index contributed by atoms with van der Waals surface area (Å²) < 4.78 is 11.5. The lowest BCUT2D eigenvalue weighted by molar-refractivity contribution is -0.132. The van der Waals surface area contributed by atoms with Crippen LogP contribution >= 0.6 is 11.6 Å². The molecular weight excluding hydrogens is 304 g/mol. The van der Waals surface area contributed by atoms with E-state index in [0.29, 0.717) is 12.2 Å². The number of rotatable bonds is 3. The van der Waals surface area contributed by atoms with Crippen molar-refractivity contribution in [2.24, 2.45) is 0 Å². The number of fused-ring (bicyclic) bond motifs is 1. The van der Waals surface area contributed by atoms with Gasteiger partial charge in [-0.2, -0.15) is 0 Å². The second-order valence-electron chi connectivity index (χ2n) is 6.19. The molecule has 2 rings (SSSR count). The maximum absolute atomic E-state index is 11.3. The molecular formula is C17H21ClO4. The lowest BCUT2D eigenvalue weighted by Crippen LogP contribution is -2.38. The van der Waals surface area contributed by atoms with Gasteiger partial charge in [0.15, 0.2) is 0 Å². The summed E-state index contributed by atoms with van der Waals surface area (Å²) in [7, 11) is 0. The summed E-state index contributed by atoms with van der Waals surface area (Å²) in [6, 6.07) is 0. The highest BCUT2D eigenvalue weighted by atomic mass is 35.5. The van der Waals surface area contributed by atoms with Crippen LogP contribution in [0, 0.1) is 20.8 Å². The summed E-state index contributed by atoms with van der Waals surface area (Å²) in [5.41, 5.74) is 3.20. The number of esters is 1. The summed E-state index contributed by atoms with van der Waals surface area (Å²) in [4.78, 5) is 22.6. The quantitative estimate of drug-likeness (QED) is 0.482. The van der Waals surface area contributed by atoms with E-state index in [-0.39, 0.29) is 12.4 Å². The normalized spacial score (nSPS) is 20.1. The van der Waals surface area contributed by atoms with Crippen LogP contribution in [0.4, 0.5) is 0 Å². The molecule has 0 amide bonds. The van der Waals surface area contributed by atoms with E-state index < -0.39 is 10.8 Å². The van der Waals surface area contributed by atoms with Crippen LogP contribution in [0.3, 0.4) is 0 Å². The van der Waals surface area contributed by atoms with Gasteiger partial charge in [0.05, 0.1) is 6.42 Å². The third-order valence-corrected chi connectivity index (χ3v) is 4.46. The van der Waals surface area contributed by atoms with Crippen molar-refractivity contribution in [3.8, 4) is 11.5 Å². The zero-order chi connectivity index (χ0) is 16.7. The number of carbonyl (C=O) groups is 2. The molecule has 1 heterocycles. The number of hydrogen-bond acceptors (Lipinski definition) is 4. The molecule has 0 spiro atoms. The second kappa shape index (κ2) is 5.92. The van der Waals surface area contributed by atoms with E-state index in [0.717, 1.165) is 34.4 Å². The highest BCUT2D eigenvalue weighted by Crippen LogP contribution is 2.44. The molecule has 0 N–H and O–H groups in total. The Hall–Kier alpha value is -1.55. The number of ether oxygens (including phenoxy) is 2. The fourth-order valence-corrected chi connectivity index (χ4v) is 3.28. The number of carbonyl (C=O) groups excluding carboxylic acids is 2. The molecule has 1 atom stereocenters. The van der Waals surface area contributed by atoms with E-state index in [1.165, 1.54) is 6.92 Å². The van der Waals surface area contributed by atoms with Gasteiger partial charge in [0, 0.05) is 12.5 Å². The second-order valence-corrected chi connectivity index (χ2v) is 6.61. The Bertz CT molecular complexity index is 651. The first-order valence-corrected chi connectivity index (χ1v) is 7.71. The van der Waals surface area contributed by atoms with E-state index in [2.05, 4.69) is 0 Å². The van der Waals surface area contributed by atoms with Crippen LogP contribution in [0.1, 0.15) is 48.9 Å². The van der Waals surface area contributed by atoms with Gasteiger partial charge in [0.2, 0.25) is 5.24 Å². The van der Waals surface area contributed by atoms with Crippen molar-refractivity contribution < 1.29 is 19.1 Å². The number of halogens is 1. The Morgan fingerprint density at radius 1 is 1.23 bits per heavy atom. The highest BCUT2D eigenvalue weighted by Gasteiger charge is 2.36. The molecule has 1 aromatic carbocycles. The van der Waals surface area contributed by atoms with Gasteiger partial charge in [0.1, 0.15) is 17.1 Å². The lowest BCUT2D eigenvalue weighted by atomic mass is 9.86. The molecule has 22 heavy (non-hydrogen) atoms. The molecule has 0 aromatic heterocycles. The molecule has 0 fully saturated rings. The van der Waals surface area contributed by atoms with E-state index >= 15 is 0 Å². The maximum atomic E-state index is 11.3. The van der Waals surface area contributed by atoms with Gasteiger partial charge in [-0.05, 0) is 68.8 Å². The van der Waals surface area contributed by atoms with Gasteiger partial charge in [-0.15, -0.1) is 0 Å². The molecule has 1 unspecified atom stereocenters. The molecule has 120 valence electrons. The van der Waals surface area contributed by atoms with E-state index in [4.69, 9.17) is 21.1 Å². The fourth-order valence-electron chi connectivity index (χ4n) is 3.00. The summed E-state index contributed by atoms with van der Waals surface area (Å²) in [6.07, 6.45) is 1.63. The van der Waals surface area contributed by atoms with E-state index in [9.17, 15) is 9.59 Å². The van der Waals surface area contributed by atoms with Crippen molar-refractivity contribution in [3.63, 3.8) is 0 Å². The Labute approximate surface area is 135 Å². The molecule has 1 aliphatic heterocycles. The Morgan fingerprint density at radius 3 is 2.41 bits per heavy atom. The van der Waals surface area contributed by atoms with Crippen LogP contribution in [-0.4, -0.2) is 16.8 Å². The van der Waals surface area contributed by atoms with Crippen LogP contribution in [0.2, 0.25) is 0 Å². The Kier molecular flexibility index (Phi) is 4.52. The third-order valence-electron chi connectivity index (χ3n) is 4.32. The molecule has 5 heteroatoms. The van der Waals surface area contributed by atoms with Crippen molar-refractivity contribution in [1.29, 1.82) is 0 Å². The van der Waals surface area contributed by atoms with Gasteiger partial charge >= 0.3 is 5.97 Å². The predicted molar refractivity (Wildman–Crippen MR) is 84.8 cm³/mol. The predicted octanol–water partition coefficient (Wildman–Crippen LogP) is 3.78. The molecule has 1 aliphatic rings. The molecule has 0 radical (unpaired) electrons. The topological polar surface area (TPSA) is 52.6 Å². The van der Waals surface area contributed by atoms with Crippen molar-refractivity contribution in [3.05, 3.63) is 22.3 Å². The largest absolute Gasteiger partial charge is 0.486 e. The van der Waals surface area contributed by atoms with Crippen molar-refractivity contribution >= 4 is 22.8 Å². The summed E-state index contributed by atoms with van der Waals surface area (Å²) in [6.45, 7) is 9.08. The Balaban J connectivity index is 2.50. The van der Waals surface area contributed by atoms with Crippen LogP contribution in [-0.2, 0) is 16.0 Å². The summed E-state index contributed by atoms with van der Waals surface area (Å²) in [5.74, 6) is 1.07. The van der Waals surface area contributed by atoms with Gasteiger partial charge in [-0.1, -0.05) is 0 Å². The minimum absolute atomic E-state index is 0.178. The standard InChI is InChI=1S/C17H21ClO4/c1-9-10(2)16-13(11(3)15(9)21-12(4)19)6-7-17(5,22-16)8-14(18)20/h6-8H2,1-5H3. The Morgan fingerprint density at radius 2 is 1.86 bits per heavy atom. The van der Waals surface area contributed by atoms with Crippen LogP contribution in [0.15, 0.2) is 0 Å². The van der Waals surface area contributed by atoms with Crippen molar-refractivity contribution in [2.45, 2.75) is 59.5 Å². The lowest BCUT2D eigenvalue weighted by Gasteiger charge is -2.37. The summed E-state index contributed by atoms with van der Waals surface area (Å²) in [5, 5.41) is -0.395. The minimum atomic E-state index is -0.585. The van der Waals surface area contributed by atoms with Gasteiger partial charge < -0.3 is 9.47 Å². The molecule has 1 aromatic rings. The fraction of sp³-hybridized carbons (Fsp3) is 0.529. The first-order valence-electron chi connectivity index (χ1n) is 7.33. The monoisotopic (exact) mass is 324 g/mol. The minimum Gasteiger partial charge on any atom is -0.486 e. The smallest absolute Gasteiger partial charge is 0.308 e. The van der Waals surface area contributed by atoms with Crippen LogP contribution in [0.25, 0.3) is 0 Å². The zero-order valence-corrected chi connectivity index (χ0v) is 14.4. The molecule has 0 bridgehead atoms. The average molecular weight is 325 g/mol. The molecule has 4 nitrogen and oxygen atoms in total. The molecule has 0 saturated heterocycles. The van der Waals surface area contributed by atoms with Crippen molar-refractivity contribution in [2.75, 3.05) is 0 Å². The van der Waals surface area contributed by atoms with E-state index in [1.807, 2.05) is 27.7 Å². The van der Waals surface area contributed by atoms with Crippen LogP contribution < -0.4 is 9.47 Å². The first-order chi connectivity index (χ1) is 10.1. The van der Waals surface area contributed by atoms with E-state index in [1.54, 1.807) is 0 Å². The SMILES string of the molecule is CC(=O)Oc1c(C)c(C)c2c(c1C)CCC(C)(CC(=O)Cl)O2. The van der Waals surface area contributed by atoms with Crippen LogP contribution in [0.5, 0.6) is 11.5 Å². The van der Waals surface area contributed by atoms with Crippen molar-refractivity contribution in [1.82, 2.24) is 0 Å². The first kappa shape index (κ1) is 16.8. The maximum Gasteiger partial charge on any atom is 0.308 e. The average Bonchev–Trinajstić information content (AvgIpc) is 2.39. The third kappa shape index (κ3) is 3.12. The molecule has 0 saturated carbocycles. The number of hydrogen-bond donors (Lipinski definition) is 0.